The molecule has 29 heavy (non-hydrogen) atoms. The molecule has 3 aromatic rings. The zero-order chi connectivity index (χ0) is 20.1. The van der Waals surface area contributed by atoms with Gasteiger partial charge in [-0.1, -0.05) is 29.8 Å². The first-order chi connectivity index (χ1) is 14.2. The number of thiazole rings is 1. The second-order valence-corrected chi connectivity index (χ2v) is 7.76. The fraction of sp³-hybridized carbons (Fsp3) is 0.273. The summed E-state index contributed by atoms with van der Waals surface area (Å²) < 4.78 is 17.2. The number of ether oxygens (including phenoxy) is 3. The highest BCUT2D eigenvalue weighted by Gasteiger charge is 2.21. The van der Waals surface area contributed by atoms with Crippen molar-refractivity contribution >= 4 is 17.2 Å². The Morgan fingerprint density at radius 2 is 2.00 bits per heavy atom. The van der Waals surface area contributed by atoms with Crippen LogP contribution in [0.1, 0.15) is 16.3 Å². The molecule has 7 heteroatoms. The van der Waals surface area contributed by atoms with Gasteiger partial charge in [-0.25, -0.2) is 4.98 Å². The maximum atomic E-state index is 12.2. The van der Waals surface area contributed by atoms with Crippen LogP contribution in [0.3, 0.4) is 0 Å². The quantitative estimate of drug-likeness (QED) is 0.645. The summed E-state index contributed by atoms with van der Waals surface area (Å²) in [6, 6.07) is 15.4. The molecule has 0 spiro atoms. The maximum Gasteiger partial charge on any atom is 0.226 e. The smallest absolute Gasteiger partial charge is 0.226 e. The van der Waals surface area contributed by atoms with E-state index in [1.165, 1.54) is 16.9 Å². The number of carbonyl (C=O) groups excluding carboxylic acids is 1. The van der Waals surface area contributed by atoms with Crippen molar-refractivity contribution in [2.45, 2.75) is 26.1 Å². The van der Waals surface area contributed by atoms with Gasteiger partial charge >= 0.3 is 0 Å². The largest absolute Gasteiger partial charge is 0.486 e. The molecule has 1 N–H and O–H groups in total. The molecule has 1 amide bonds. The second-order valence-electron chi connectivity index (χ2n) is 6.81. The first kappa shape index (κ1) is 19.3. The third-order valence-electron chi connectivity index (χ3n) is 4.42. The summed E-state index contributed by atoms with van der Waals surface area (Å²) in [7, 11) is 0. The van der Waals surface area contributed by atoms with Gasteiger partial charge in [0, 0.05) is 5.38 Å². The first-order valence-corrected chi connectivity index (χ1v) is 10.3. The molecule has 150 valence electrons. The fourth-order valence-electron chi connectivity index (χ4n) is 2.89. The summed E-state index contributed by atoms with van der Waals surface area (Å²) in [5.74, 6) is 2.15. The molecule has 0 bridgehead atoms. The standard InChI is InChI=1S/C22H22N2O4S/c1-15-6-8-17(9-7-15)26-13-22-24-16(14-29-22)10-21(25)23-11-18-12-27-19-4-2-3-5-20(19)28-18/h2-9,14,18H,10-13H2,1H3,(H,23,25)/t18-/m0/s1. The Morgan fingerprint density at radius 3 is 2.83 bits per heavy atom. The molecule has 0 radical (unpaired) electrons. The van der Waals surface area contributed by atoms with Crippen LogP contribution in [-0.2, 0) is 17.8 Å². The summed E-state index contributed by atoms with van der Waals surface area (Å²) >= 11 is 1.49. The van der Waals surface area contributed by atoms with Crippen molar-refractivity contribution < 1.29 is 19.0 Å². The van der Waals surface area contributed by atoms with Crippen molar-refractivity contribution in [3.05, 3.63) is 70.2 Å². The number of rotatable bonds is 7. The summed E-state index contributed by atoms with van der Waals surface area (Å²) in [6.45, 7) is 3.23. The van der Waals surface area contributed by atoms with E-state index >= 15 is 0 Å². The summed E-state index contributed by atoms with van der Waals surface area (Å²) in [5, 5.41) is 5.63. The van der Waals surface area contributed by atoms with E-state index in [1.807, 2.05) is 60.8 Å². The minimum atomic E-state index is -0.206. The molecule has 0 aliphatic carbocycles. The van der Waals surface area contributed by atoms with Crippen molar-refractivity contribution in [3.63, 3.8) is 0 Å². The Morgan fingerprint density at radius 1 is 1.21 bits per heavy atom. The Balaban J connectivity index is 1.22. The molecule has 0 fully saturated rings. The van der Waals surface area contributed by atoms with E-state index in [0.717, 1.165) is 22.2 Å². The maximum absolute atomic E-state index is 12.2. The average molecular weight is 410 g/mol. The van der Waals surface area contributed by atoms with Crippen LogP contribution in [0.15, 0.2) is 53.9 Å². The molecule has 1 aliphatic rings. The first-order valence-electron chi connectivity index (χ1n) is 9.43. The number of hydrogen-bond acceptors (Lipinski definition) is 6. The van der Waals surface area contributed by atoms with Gasteiger partial charge < -0.3 is 19.5 Å². The number of carbonyl (C=O) groups is 1. The zero-order valence-corrected chi connectivity index (χ0v) is 16.9. The van der Waals surface area contributed by atoms with Crippen LogP contribution in [0.4, 0.5) is 0 Å². The molecule has 1 atom stereocenters. The summed E-state index contributed by atoms with van der Waals surface area (Å²) in [6.07, 6.45) is 0.0216. The molecule has 0 saturated heterocycles. The van der Waals surface area contributed by atoms with Crippen molar-refractivity contribution in [2.75, 3.05) is 13.2 Å². The van der Waals surface area contributed by atoms with Gasteiger partial charge in [0.25, 0.3) is 0 Å². The van der Waals surface area contributed by atoms with E-state index in [2.05, 4.69) is 10.3 Å². The number of benzene rings is 2. The minimum absolute atomic E-state index is 0.0937. The monoisotopic (exact) mass is 410 g/mol. The fourth-order valence-corrected chi connectivity index (χ4v) is 3.60. The second kappa shape index (κ2) is 8.96. The summed E-state index contributed by atoms with van der Waals surface area (Å²) in [5.41, 5.74) is 1.93. The van der Waals surface area contributed by atoms with Crippen LogP contribution in [0, 0.1) is 6.92 Å². The molecule has 0 unspecified atom stereocenters. The molecular weight excluding hydrogens is 388 g/mol. The third-order valence-corrected chi connectivity index (χ3v) is 5.29. The van der Waals surface area contributed by atoms with Crippen LogP contribution < -0.4 is 19.5 Å². The van der Waals surface area contributed by atoms with E-state index in [4.69, 9.17) is 14.2 Å². The number of fused-ring (bicyclic) bond motifs is 1. The Bertz CT molecular complexity index is 971. The zero-order valence-electron chi connectivity index (χ0n) is 16.1. The van der Waals surface area contributed by atoms with E-state index in [-0.39, 0.29) is 18.4 Å². The van der Waals surface area contributed by atoms with Gasteiger partial charge in [0.2, 0.25) is 5.91 Å². The lowest BCUT2D eigenvalue weighted by Gasteiger charge is -2.26. The topological polar surface area (TPSA) is 69.7 Å². The van der Waals surface area contributed by atoms with Crippen LogP contribution in [0.5, 0.6) is 17.2 Å². The molecule has 6 nitrogen and oxygen atoms in total. The number of nitrogens with zero attached hydrogens (tertiary/aromatic N) is 1. The van der Waals surface area contributed by atoms with Crippen LogP contribution in [0.25, 0.3) is 0 Å². The van der Waals surface area contributed by atoms with Crippen LogP contribution in [0.2, 0.25) is 0 Å². The van der Waals surface area contributed by atoms with Crippen LogP contribution >= 0.6 is 11.3 Å². The van der Waals surface area contributed by atoms with Crippen molar-refractivity contribution in [2.24, 2.45) is 0 Å². The molecule has 1 aliphatic heterocycles. The van der Waals surface area contributed by atoms with E-state index < -0.39 is 0 Å². The number of aryl methyl sites for hydroxylation is 1. The molecule has 2 heterocycles. The summed E-state index contributed by atoms with van der Waals surface area (Å²) in [4.78, 5) is 16.7. The lowest BCUT2D eigenvalue weighted by Crippen LogP contribution is -2.41. The van der Waals surface area contributed by atoms with Gasteiger partial charge in [-0.05, 0) is 31.2 Å². The van der Waals surface area contributed by atoms with Crippen LogP contribution in [-0.4, -0.2) is 30.1 Å². The Kier molecular flexibility index (Phi) is 5.95. The number of hydrogen-bond donors (Lipinski definition) is 1. The van der Waals surface area contributed by atoms with Gasteiger partial charge in [-0.3, -0.25) is 4.79 Å². The predicted octanol–water partition coefficient (Wildman–Crippen LogP) is 3.53. The number of nitrogens with one attached hydrogen (secondary N) is 1. The number of para-hydroxylation sites is 2. The SMILES string of the molecule is Cc1ccc(OCc2nc(CC(=O)NC[C@H]3COc4ccccc4O3)cs2)cc1. The third kappa shape index (κ3) is 5.26. The van der Waals surface area contributed by atoms with Crippen molar-refractivity contribution in [1.82, 2.24) is 10.3 Å². The van der Waals surface area contributed by atoms with Gasteiger partial charge in [-0.15, -0.1) is 11.3 Å². The molecule has 4 rings (SSSR count). The van der Waals surface area contributed by atoms with E-state index in [1.54, 1.807) is 0 Å². The lowest BCUT2D eigenvalue weighted by molar-refractivity contribution is -0.121. The van der Waals surface area contributed by atoms with Gasteiger partial charge in [0.05, 0.1) is 18.7 Å². The predicted molar refractivity (Wildman–Crippen MR) is 111 cm³/mol. The van der Waals surface area contributed by atoms with Gasteiger partial charge in [0.1, 0.15) is 30.1 Å². The van der Waals surface area contributed by atoms with Gasteiger partial charge in [-0.2, -0.15) is 0 Å². The van der Waals surface area contributed by atoms with E-state index in [9.17, 15) is 4.79 Å². The minimum Gasteiger partial charge on any atom is -0.486 e. The number of amides is 1. The van der Waals surface area contributed by atoms with Gasteiger partial charge in [0.15, 0.2) is 11.5 Å². The highest BCUT2D eigenvalue weighted by molar-refractivity contribution is 7.09. The molecule has 2 aromatic carbocycles. The number of aromatic nitrogens is 1. The van der Waals surface area contributed by atoms with Crippen molar-refractivity contribution in [1.29, 1.82) is 0 Å². The lowest BCUT2D eigenvalue weighted by atomic mass is 10.2. The van der Waals surface area contributed by atoms with Crippen molar-refractivity contribution in [3.8, 4) is 17.2 Å². The molecule has 1 aromatic heterocycles. The van der Waals surface area contributed by atoms with E-state index in [0.29, 0.717) is 25.5 Å². The normalized spacial score (nSPS) is 15.0. The Hall–Kier alpha value is -3.06. The molecular formula is C22H22N2O4S. The average Bonchev–Trinajstić information content (AvgIpc) is 3.19. The Labute approximate surface area is 173 Å². The molecule has 0 saturated carbocycles. The highest BCUT2D eigenvalue weighted by atomic mass is 32.1. The highest BCUT2D eigenvalue weighted by Crippen LogP contribution is 2.30.